The summed E-state index contributed by atoms with van der Waals surface area (Å²) in [6, 6.07) is 13.6. The van der Waals surface area contributed by atoms with Gasteiger partial charge in [0.15, 0.2) is 0 Å². The average Bonchev–Trinajstić information content (AvgIpc) is 2.88. The zero-order chi connectivity index (χ0) is 16.4. The molecule has 0 saturated heterocycles. The van der Waals surface area contributed by atoms with Crippen molar-refractivity contribution in [2.75, 3.05) is 0 Å². The molecule has 0 aliphatic heterocycles. The van der Waals surface area contributed by atoms with Crippen LogP contribution in [0.2, 0.25) is 0 Å². The molecule has 3 rings (SSSR count). The van der Waals surface area contributed by atoms with Crippen molar-refractivity contribution >= 4 is 21.8 Å². The molecule has 0 atom stereocenters. The molecule has 1 aromatic heterocycles. The molecule has 2 aromatic carbocycles. The molecule has 1 heterocycles. The van der Waals surface area contributed by atoms with Gasteiger partial charge in [0.2, 0.25) is 0 Å². The summed E-state index contributed by atoms with van der Waals surface area (Å²) in [6.07, 6.45) is 7.98. The summed E-state index contributed by atoms with van der Waals surface area (Å²) in [5, 5.41) is 2.68. The lowest BCUT2D eigenvalue weighted by Gasteiger charge is -2.18. The number of fused-ring (bicyclic) bond motifs is 3. The largest absolute Gasteiger partial charge is 0.355 e. The maximum atomic E-state index is 3.54. The molecule has 0 aliphatic carbocycles. The minimum absolute atomic E-state index is 0.179. The van der Waals surface area contributed by atoms with E-state index in [-0.39, 0.29) is 5.41 Å². The van der Waals surface area contributed by atoms with Crippen molar-refractivity contribution in [1.29, 1.82) is 0 Å². The zero-order valence-electron chi connectivity index (χ0n) is 14.7. The normalized spacial score (nSPS) is 12.7. The first kappa shape index (κ1) is 15.9. The van der Waals surface area contributed by atoms with Gasteiger partial charge in [-0.05, 0) is 53.6 Å². The number of hydrogen-bond acceptors (Lipinski definition) is 0. The number of allylic oxidation sites excluding steroid dienone is 2. The summed E-state index contributed by atoms with van der Waals surface area (Å²) in [4.78, 5) is 3.54. The Morgan fingerprint density at radius 3 is 2.30 bits per heavy atom. The second kappa shape index (κ2) is 6.23. The van der Waals surface area contributed by atoms with E-state index >= 15 is 0 Å². The predicted octanol–water partition coefficient (Wildman–Crippen LogP) is 6.52. The van der Waals surface area contributed by atoms with Crippen LogP contribution in [-0.4, -0.2) is 4.98 Å². The highest BCUT2D eigenvalue weighted by Crippen LogP contribution is 2.31. The lowest BCUT2D eigenvalue weighted by atomic mass is 9.86. The molecule has 1 heteroatoms. The standard InChI is InChI=1S/C22H27N/c1-5-6-7-8-9-16-10-12-20-18(14-16)19-15-17(22(2,3)4)11-13-21(19)23-20/h7-8,10-15,23H,5-6,9H2,1-4H3/b8-7-. The van der Waals surface area contributed by atoms with Gasteiger partial charge in [0, 0.05) is 21.8 Å². The van der Waals surface area contributed by atoms with E-state index in [1.54, 1.807) is 0 Å². The van der Waals surface area contributed by atoms with Crippen LogP contribution >= 0.6 is 0 Å². The van der Waals surface area contributed by atoms with Crippen molar-refractivity contribution in [3.63, 3.8) is 0 Å². The number of benzene rings is 2. The summed E-state index contributed by atoms with van der Waals surface area (Å²) < 4.78 is 0. The number of aromatic amines is 1. The molecule has 23 heavy (non-hydrogen) atoms. The monoisotopic (exact) mass is 305 g/mol. The van der Waals surface area contributed by atoms with Crippen LogP contribution in [0.4, 0.5) is 0 Å². The average molecular weight is 305 g/mol. The van der Waals surface area contributed by atoms with Crippen LogP contribution in [0.5, 0.6) is 0 Å². The highest BCUT2D eigenvalue weighted by atomic mass is 14.7. The summed E-state index contributed by atoms with van der Waals surface area (Å²) in [6.45, 7) is 9.03. The number of aromatic nitrogens is 1. The molecular weight excluding hydrogens is 278 g/mol. The Morgan fingerprint density at radius 1 is 0.913 bits per heavy atom. The quantitative estimate of drug-likeness (QED) is 0.528. The molecule has 0 saturated carbocycles. The third kappa shape index (κ3) is 3.34. The van der Waals surface area contributed by atoms with Crippen LogP contribution < -0.4 is 0 Å². The lowest BCUT2D eigenvalue weighted by molar-refractivity contribution is 0.591. The SMILES string of the molecule is CCC/C=C\Cc1ccc2[nH]c3ccc(C(C)(C)C)cc3c2c1. The van der Waals surface area contributed by atoms with Crippen molar-refractivity contribution in [3.8, 4) is 0 Å². The van der Waals surface area contributed by atoms with Crippen molar-refractivity contribution in [2.45, 2.75) is 52.4 Å². The van der Waals surface area contributed by atoms with E-state index < -0.39 is 0 Å². The van der Waals surface area contributed by atoms with E-state index in [0.717, 1.165) is 6.42 Å². The van der Waals surface area contributed by atoms with Gasteiger partial charge in [0.25, 0.3) is 0 Å². The molecule has 1 N–H and O–H groups in total. The number of unbranched alkanes of at least 4 members (excludes halogenated alkanes) is 1. The number of nitrogens with one attached hydrogen (secondary N) is 1. The van der Waals surface area contributed by atoms with Crippen molar-refractivity contribution in [2.24, 2.45) is 0 Å². The van der Waals surface area contributed by atoms with Crippen molar-refractivity contribution < 1.29 is 0 Å². The Morgan fingerprint density at radius 2 is 1.61 bits per heavy atom. The Hall–Kier alpha value is -2.02. The highest BCUT2D eigenvalue weighted by molar-refractivity contribution is 6.07. The predicted molar refractivity (Wildman–Crippen MR) is 102 cm³/mol. The third-order valence-corrected chi connectivity index (χ3v) is 4.50. The molecule has 0 fully saturated rings. The fraction of sp³-hybridized carbons (Fsp3) is 0.364. The maximum Gasteiger partial charge on any atom is 0.0465 e. The van der Waals surface area contributed by atoms with Gasteiger partial charge in [0.05, 0.1) is 0 Å². The van der Waals surface area contributed by atoms with Crippen LogP contribution in [0, 0.1) is 0 Å². The van der Waals surface area contributed by atoms with Gasteiger partial charge in [-0.25, -0.2) is 0 Å². The zero-order valence-corrected chi connectivity index (χ0v) is 14.7. The third-order valence-electron chi connectivity index (χ3n) is 4.50. The second-order valence-electron chi connectivity index (χ2n) is 7.48. The van der Waals surface area contributed by atoms with Gasteiger partial charge >= 0.3 is 0 Å². The van der Waals surface area contributed by atoms with Gasteiger partial charge in [-0.2, -0.15) is 0 Å². The summed E-state index contributed by atoms with van der Waals surface area (Å²) in [7, 11) is 0. The van der Waals surface area contributed by atoms with E-state index in [4.69, 9.17) is 0 Å². The molecule has 0 aliphatic rings. The van der Waals surface area contributed by atoms with Crippen molar-refractivity contribution in [3.05, 3.63) is 59.7 Å². The number of rotatable bonds is 4. The van der Waals surface area contributed by atoms with E-state index in [1.165, 1.54) is 45.8 Å². The molecule has 0 amide bonds. The fourth-order valence-electron chi connectivity index (χ4n) is 3.04. The van der Waals surface area contributed by atoms with E-state index in [2.05, 4.69) is 81.2 Å². The van der Waals surface area contributed by atoms with Crippen molar-refractivity contribution in [1.82, 2.24) is 4.98 Å². The van der Waals surface area contributed by atoms with E-state index in [9.17, 15) is 0 Å². The summed E-state index contributed by atoms with van der Waals surface area (Å²) in [5.41, 5.74) is 5.41. The first-order chi connectivity index (χ1) is 11.0. The maximum absolute atomic E-state index is 3.54. The minimum atomic E-state index is 0.179. The Bertz CT molecular complexity index is 843. The number of H-pyrrole nitrogens is 1. The molecule has 0 bridgehead atoms. The van der Waals surface area contributed by atoms with E-state index in [0.29, 0.717) is 0 Å². The molecule has 0 spiro atoms. The Labute approximate surface area is 139 Å². The van der Waals surface area contributed by atoms with Crippen LogP contribution in [0.1, 0.15) is 51.7 Å². The first-order valence-corrected chi connectivity index (χ1v) is 8.69. The Balaban J connectivity index is 2.03. The molecular formula is C22H27N. The highest BCUT2D eigenvalue weighted by Gasteiger charge is 2.15. The van der Waals surface area contributed by atoms with Crippen LogP contribution in [0.25, 0.3) is 21.8 Å². The smallest absolute Gasteiger partial charge is 0.0465 e. The van der Waals surface area contributed by atoms with Gasteiger partial charge in [0.1, 0.15) is 0 Å². The van der Waals surface area contributed by atoms with Crippen LogP contribution in [0.15, 0.2) is 48.6 Å². The summed E-state index contributed by atoms with van der Waals surface area (Å²) in [5.74, 6) is 0. The minimum Gasteiger partial charge on any atom is -0.355 e. The topological polar surface area (TPSA) is 15.8 Å². The van der Waals surface area contributed by atoms with Gasteiger partial charge in [-0.3, -0.25) is 0 Å². The fourth-order valence-corrected chi connectivity index (χ4v) is 3.04. The van der Waals surface area contributed by atoms with Gasteiger partial charge < -0.3 is 4.98 Å². The second-order valence-corrected chi connectivity index (χ2v) is 7.48. The molecule has 0 unspecified atom stereocenters. The first-order valence-electron chi connectivity index (χ1n) is 8.69. The summed E-state index contributed by atoms with van der Waals surface area (Å²) >= 11 is 0. The van der Waals surface area contributed by atoms with Crippen LogP contribution in [-0.2, 0) is 11.8 Å². The Kier molecular flexibility index (Phi) is 4.30. The van der Waals surface area contributed by atoms with E-state index in [1.807, 2.05) is 0 Å². The van der Waals surface area contributed by atoms with Crippen LogP contribution in [0.3, 0.4) is 0 Å². The lowest BCUT2D eigenvalue weighted by Crippen LogP contribution is -2.10. The molecule has 0 radical (unpaired) electrons. The number of hydrogen-bond donors (Lipinski definition) is 1. The molecule has 120 valence electrons. The van der Waals surface area contributed by atoms with Gasteiger partial charge in [-0.1, -0.05) is 58.4 Å². The molecule has 1 nitrogen and oxygen atoms in total. The molecule has 3 aromatic rings. The van der Waals surface area contributed by atoms with Gasteiger partial charge in [-0.15, -0.1) is 0 Å².